The van der Waals surface area contributed by atoms with E-state index in [-0.39, 0.29) is 18.2 Å². The summed E-state index contributed by atoms with van der Waals surface area (Å²) in [5.74, 6) is -0.197. The van der Waals surface area contributed by atoms with E-state index >= 15 is 0 Å². The molecule has 1 aliphatic heterocycles. The molecule has 150 valence electrons. The van der Waals surface area contributed by atoms with Crippen LogP contribution in [0, 0.1) is 26.6 Å². The minimum Gasteiger partial charge on any atom is -0.393 e. The number of aliphatic hydroxyl groups is 1. The number of ether oxygens (including phenoxy) is 2. The molecular weight excluding hydrogens is 355 g/mol. The zero-order chi connectivity index (χ0) is 20.3. The van der Waals surface area contributed by atoms with E-state index in [9.17, 15) is 9.50 Å². The third-order valence-corrected chi connectivity index (χ3v) is 5.13. The van der Waals surface area contributed by atoms with E-state index < -0.39 is 6.10 Å². The van der Waals surface area contributed by atoms with E-state index in [1.807, 2.05) is 25.1 Å². The SMILES string of the molecule is CCO[C@H]1C[C@H](O)C[C@@H](/C=C/c2c(C)cc(C)cc2-c2ccc(F)c(C)c2)O1. The standard InChI is InChI=1S/C24H29FO3/c1-5-27-24-14-19(26)13-20(28-24)7-8-21-16(3)10-15(2)11-22(21)18-6-9-23(25)17(4)12-18/h6-12,19-20,24,26H,5,13-14H2,1-4H3/b8-7+/t19-,20-,24-/m1/s1. The molecule has 0 amide bonds. The molecule has 0 spiro atoms. The summed E-state index contributed by atoms with van der Waals surface area (Å²) in [4.78, 5) is 0. The first-order valence-corrected chi connectivity index (χ1v) is 9.88. The number of benzene rings is 2. The third-order valence-electron chi connectivity index (χ3n) is 5.13. The van der Waals surface area contributed by atoms with Crippen LogP contribution in [0.4, 0.5) is 4.39 Å². The molecule has 1 heterocycles. The summed E-state index contributed by atoms with van der Waals surface area (Å²) in [6.45, 7) is 8.39. The van der Waals surface area contributed by atoms with Crippen LogP contribution in [0.15, 0.2) is 36.4 Å². The maximum Gasteiger partial charge on any atom is 0.160 e. The van der Waals surface area contributed by atoms with Gasteiger partial charge in [-0.15, -0.1) is 0 Å². The van der Waals surface area contributed by atoms with Gasteiger partial charge in [0.1, 0.15) is 5.82 Å². The lowest BCUT2D eigenvalue weighted by Gasteiger charge is -2.31. The summed E-state index contributed by atoms with van der Waals surface area (Å²) in [5, 5.41) is 10.1. The molecule has 0 saturated carbocycles. The van der Waals surface area contributed by atoms with Gasteiger partial charge in [-0.1, -0.05) is 35.9 Å². The van der Waals surface area contributed by atoms with E-state index in [2.05, 4.69) is 32.1 Å². The Bertz CT molecular complexity index is 859. The third kappa shape index (κ3) is 4.88. The maximum atomic E-state index is 13.7. The monoisotopic (exact) mass is 384 g/mol. The second kappa shape index (κ2) is 8.99. The Balaban J connectivity index is 1.93. The molecule has 28 heavy (non-hydrogen) atoms. The van der Waals surface area contributed by atoms with Gasteiger partial charge < -0.3 is 14.6 Å². The highest BCUT2D eigenvalue weighted by Gasteiger charge is 2.27. The highest BCUT2D eigenvalue weighted by molar-refractivity contribution is 5.78. The van der Waals surface area contributed by atoms with Crippen molar-refractivity contribution < 1.29 is 19.0 Å². The van der Waals surface area contributed by atoms with Gasteiger partial charge in [-0.05, 0) is 67.6 Å². The number of aliphatic hydroxyl groups excluding tert-OH is 1. The van der Waals surface area contributed by atoms with Gasteiger partial charge in [0.25, 0.3) is 0 Å². The summed E-state index contributed by atoms with van der Waals surface area (Å²) in [6.07, 6.45) is 4.09. The highest BCUT2D eigenvalue weighted by atomic mass is 19.1. The van der Waals surface area contributed by atoms with Crippen molar-refractivity contribution in [3.05, 3.63) is 64.5 Å². The van der Waals surface area contributed by atoms with Crippen LogP contribution in [0.1, 0.15) is 42.0 Å². The van der Waals surface area contributed by atoms with E-state index in [0.29, 0.717) is 25.0 Å². The second-order valence-electron chi connectivity index (χ2n) is 7.55. The van der Waals surface area contributed by atoms with Crippen molar-refractivity contribution in [2.75, 3.05) is 6.61 Å². The molecule has 2 aromatic carbocycles. The van der Waals surface area contributed by atoms with Gasteiger partial charge in [0.2, 0.25) is 0 Å². The zero-order valence-electron chi connectivity index (χ0n) is 17.0. The maximum absolute atomic E-state index is 13.7. The molecule has 1 aliphatic rings. The number of rotatable bonds is 5. The molecule has 0 aliphatic carbocycles. The fourth-order valence-corrected chi connectivity index (χ4v) is 3.76. The Morgan fingerprint density at radius 1 is 1.14 bits per heavy atom. The Morgan fingerprint density at radius 3 is 2.64 bits per heavy atom. The summed E-state index contributed by atoms with van der Waals surface area (Å²) >= 11 is 0. The van der Waals surface area contributed by atoms with Crippen molar-refractivity contribution in [1.82, 2.24) is 0 Å². The van der Waals surface area contributed by atoms with Crippen LogP contribution in [0.25, 0.3) is 17.2 Å². The Morgan fingerprint density at radius 2 is 1.93 bits per heavy atom. The first-order chi connectivity index (χ1) is 13.4. The van der Waals surface area contributed by atoms with Crippen LogP contribution in [-0.2, 0) is 9.47 Å². The van der Waals surface area contributed by atoms with Gasteiger partial charge in [-0.3, -0.25) is 0 Å². The first-order valence-electron chi connectivity index (χ1n) is 9.88. The topological polar surface area (TPSA) is 38.7 Å². The summed E-state index contributed by atoms with van der Waals surface area (Å²) in [5.41, 5.74) is 6.06. The first kappa shape index (κ1) is 20.7. The van der Waals surface area contributed by atoms with Gasteiger partial charge in [0.15, 0.2) is 6.29 Å². The average Bonchev–Trinajstić information content (AvgIpc) is 2.62. The average molecular weight is 384 g/mol. The quantitative estimate of drug-likeness (QED) is 0.757. The largest absolute Gasteiger partial charge is 0.393 e. The fourth-order valence-electron chi connectivity index (χ4n) is 3.76. The zero-order valence-corrected chi connectivity index (χ0v) is 17.0. The van der Waals surface area contributed by atoms with Crippen molar-refractivity contribution in [3.63, 3.8) is 0 Å². The molecule has 1 N–H and O–H groups in total. The summed E-state index contributed by atoms with van der Waals surface area (Å²) < 4.78 is 25.2. The van der Waals surface area contributed by atoms with Gasteiger partial charge in [-0.25, -0.2) is 4.39 Å². The minimum absolute atomic E-state index is 0.197. The second-order valence-corrected chi connectivity index (χ2v) is 7.55. The van der Waals surface area contributed by atoms with E-state index in [1.54, 1.807) is 6.92 Å². The molecule has 1 saturated heterocycles. The van der Waals surface area contributed by atoms with Crippen molar-refractivity contribution in [2.45, 2.75) is 59.0 Å². The van der Waals surface area contributed by atoms with Crippen LogP contribution in [-0.4, -0.2) is 30.2 Å². The Hall–Kier alpha value is -2.01. The van der Waals surface area contributed by atoms with Crippen LogP contribution in [0.2, 0.25) is 0 Å². The summed E-state index contributed by atoms with van der Waals surface area (Å²) in [7, 11) is 0. The molecule has 4 heteroatoms. The van der Waals surface area contributed by atoms with Crippen molar-refractivity contribution in [1.29, 1.82) is 0 Å². The highest BCUT2D eigenvalue weighted by Crippen LogP contribution is 2.31. The normalized spacial score (nSPS) is 22.7. The predicted octanol–water partition coefficient (Wildman–Crippen LogP) is 5.33. The summed E-state index contributed by atoms with van der Waals surface area (Å²) in [6, 6.07) is 9.48. The number of aryl methyl sites for hydroxylation is 3. The van der Waals surface area contributed by atoms with E-state index in [0.717, 1.165) is 27.8 Å². The van der Waals surface area contributed by atoms with Gasteiger partial charge in [0.05, 0.1) is 12.2 Å². The molecule has 0 unspecified atom stereocenters. The van der Waals surface area contributed by atoms with E-state index in [4.69, 9.17) is 9.47 Å². The molecule has 3 atom stereocenters. The molecule has 0 aromatic heterocycles. The van der Waals surface area contributed by atoms with Crippen LogP contribution in [0.5, 0.6) is 0 Å². The molecule has 3 rings (SSSR count). The van der Waals surface area contributed by atoms with Gasteiger partial charge >= 0.3 is 0 Å². The molecule has 1 fully saturated rings. The van der Waals surface area contributed by atoms with Crippen LogP contribution < -0.4 is 0 Å². The fraction of sp³-hybridized carbons (Fsp3) is 0.417. The molecule has 3 nitrogen and oxygen atoms in total. The number of hydrogen-bond acceptors (Lipinski definition) is 3. The Labute approximate surface area is 166 Å². The van der Waals surface area contributed by atoms with Crippen molar-refractivity contribution >= 4 is 6.08 Å². The lowest BCUT2D eigenvalue weighted by Crippen LogP contribution is -2.36. The molecule has 0 bridgehead atoms. The van der Waals surface area contributed by atoms with E-state index in [1.165, 1.54) is 6.07 Å². The van der Waals surface area contributed by atoms with Crippen LogP contribution >= 0.6 is 0 Å². The van der Waals surface area contributed by atoms with Crippen molar-refractivity contribution in [3.8, 4) is 11.1 Å². The molecule has 2 aromatic rings. The Kier molecular flexibility index (Phi) is 6.65. The lowest BCUT2D eigenvalue weighted by molar-refractivity contribution is -0.201. The molecular formula is C24H29FO3. The minimum atomic E-state index is -0.432. The lowest BCUT2D eigenvalue weighted by atomic mass is 9.92. The van der Waals surface area contributed by atoms with Gasteiger partial charge in [0, 0.05) is 19.4 Å². The van der Waals surface area contributed by atoms with Crippen LogP contribution in [0.3, 0.4) is 0 Å². The van der Waals surface area contributed by atoms with Gasteiger partial charge in [-0.2, -0.15) is 0 Å². The predicted molar refractivity (Wildman–Crippen MR) is 111 cm³/mol. The molecule has 0 radical (unpaired) electrons. The smallest absolute Gasteiger partial charge is 0.160 e. The van der Waals surface area contributed by atoms with Crippen molar-refractivity contribution in [2.24, 2.45) is 0 Å². The number of halogens is 1. The number of hydrogen-bond donors (Lipinski definition) is 1.